The number of carbonyl (C=O) groups is 1. The van der Waals surface area contributed by atoms with Crippen LogP contribution in [0.3, 0.4) is 0 Å². The van der Waals surface area contributed by atoms with E-state index in [9.17, 15) is 4.79 Å². The first kappa shape index (κ1) is 13.6. The highest BCUT2D eigenvalue weighted by Crippen LogP contribution is 2.30. The second-order valence-corrected chi connectivity index (χ2v) is 6.25. The van der Waals surface area contributed by atoms with Crippen LogP contribution in [0, 0.1) is 12.8 Å². The molecule has 108 valence electrons. The summed E-state index contributed by atoms with van der Waals surface area (Å²) >= 11 is 0. The maximum Gasteiger partial charge on any atom is 0.254 e. The summed E-state index contributed by atoms with van der Waals surface area (Å²) in [5.74, 6) is 0.903. The van der Waals surface area contributed by atoms with Gasteiger partial charge in [-0.1, -0.05) is 17.7 Å². The van der Waals surface area contributed by atoms with Crippen LogP contribution >= 0.6 is 0 Å². The van der Waals surface area contributed by atoms with Crippen LogP contribution in [0.2, 0.25) is 0 Å². The second kappa shape index (κ2) is 5.96. The standard InChI is InChI=1S/C17H24N2O/c1-13-3-2-4-15(11-13)17(20)19(16-5-6-16)12-14-7-9-18-10-8-14/h2-4,11,14,16,18H,5-10,12H2,1H3. The van der Waals surface area contributed by atoms with E-state index in [1.807, 2.05) is 31.2 Å². The Labute approximate surface area is 121 Å². The molecule has 1 N–H and O–H groups in total. The fraction of sp³-hybridized carbons (Fsp3) is 0.588. The summed E-state index contributed by atoms with van der Waals surface area (Å²) in [5, 5.41) is 3.40. The van der Waals surface area contributed by atoms with Crippen LogP contribution in [0.5, 0.6) is 0 Å². The third-order valence-electron chi connectivity index (χ3n) is 4.43. The molecule has 20 heavy (non-hydrogen) atoms. The Hall–Kier alpha value is -1.35. The van der Waals surface area contributed by atoms with Gasteiger partial charge in [0.15, 0.2) is 0 Å². The molecule has 1 amide bonds. The van der Waals surface area contributed by atoms with E-state index in [0.717, 1.165) is 30.8 Å². The molecule has 1 aromatic rings. The van der Waals surface area contributed by atoms with Gasteiger partial charge in [0.2, 0.25) is 0 Å². The molecular formula is C17H24N2O. The topological polar surface area (TPSA) is 32.3 Å². The third-order valence-corrected chi connectivity index (χ3v) is 4.43. The molecule has 2 aliphatic rings. The van der Waals surface area contributed by atoms with Crippen LogP contribution in [-0.2, 0) is 0 Å². The number of benzene rings is 1. The first-order valence-electron chi connectivity index (χ1n) is 7.82. The van der Waals surface area contributed by atoms with Crippen molar-refractivity contribution in [2.45, 2.75) is 38.6 Å². The molecule has 3 heteroatoms. The summed E-state index contributed by atoms with van der Waals surface area (Å²) in [6, 6.07) is 8.49. The molecule has 1 aliphatic carbocycles. The molecule has 1 saturated heterocycles. The van der Waals surface area contributed by atoms with Gasteiger partial charge in [0.1, 0.15) is 0 Å². The quantitative estimate of drug-likeness (QED) is 0.913. The number of carbonyl (C=O) groups excluding carboxylic acids is 1. The number of hydrogen-bond acceptors (Lipinski definition) is 2. The first-order chi connectivity index (χ1) is 9.74. The highest BCUT2D eigenvalue weighted by Gasteiger charge is 2.34. The average Bonchev–Trinajstić information content (AvgIpc) is 3.30. The molecule has 1 heterocycles. The zero-order valence-electron chi connectivity index (χ0n) is 12.3. The van der Waals surface area contributed by atoms with Crippen molar-refractivity contribution in [1.82, 2.24) is 10.2 Å². The SMILES string of the molecule is Cc1cccc(C(=O)N(CC2CCNCC2)C2CC2)c1. The van der Waals surface area contributed by atoms with Gasteiger partial charge in [-0.3, -0.25) is 4.79 Å². The Kier molecular flexibility index (Phi) is 4.06. The molecule has 1 aromatic carbocycles. The van der Waals surface area contributed by atoms with Crippen molar-refractivity contribution < 1.29 is 4.79 Å². The van der Waals surface area contributed by atoms with Gasteiger partial charge in [-0.15, -0.1) is 0 Å². The summed E-state index contributed by atoms with van der Waals surface area (Å²) < 4.78 is 0. The molecule has 3 rings (SSSR count). The van der Waals surface area contributed by atoms with Gasteiger partial charge in [0.25, 0.3) is 5.91 Å². The van der Waals surface area contributed by atoms with E-state index in [-0.39, 0.29) is 5.91 Å². The van der Waals surface area contributed by atoms with E-state index in [2.05, 4.69) is 10.2 Å². The van der Waals surface area contributed by atoms with Gasteiger partial charge < -0.3 is 10.2 Å². The zero-order chi connectivity index (χ0) is 13.9. The van der Waals surface area contributed by atoms with Crippen LogP contribution < -0.4 is 5.32 Å². The molecule has 0 unspecified atom stereocenters. The molecule has 3 nitrogen and oxygen atoms in total. The van der Waals surface area contributed by atoms with Crippen molar-refractivity contribution in [3.8, 4) is 0 Å². The van der Waals surface area contributed by atoms with Crippen molar-refractivity contribution in [3.63, 3.8) is 0 Å². The van der Waals surface area contributed by atoms with Crippen molar-refractivity contribution in [3.05, 3.63) is 35.4 Å². The normalized spacial score (nSPS) is 19.9. The van der Waals surface area contributed by atoms with Gasteiger partial charge in [0, 0.05) is 18.2 Å². The van der Waals surface area contributed by atoms with Gasteiger partial charge >= 0.3 is 0 Å². The minimum Gasteiger partial charge on any atom is -0.335 e. The van der Waals surface area contributed by atoms with E-state index in [0.29, 0.717) is 12.0 Å². The Bertz CT molecular complexity index is 476. The maximum absolute atomic E-state index is 12.8. The molecule has 0 aromatic heterocycles. The minimum atomic E-state index is 0.231. The maximum atomic E-state index is 12.8. The Morgan fingerprint density at radius 3 is 2.65 bits per heavy atom. The Morgan fingerprint density at radius 2 is 2.00 bits per heavy atom. The summed E-state index contributed by atoms with van der Waals surface area (Å²) in [4.78, 5) is 14.9. The van der Waals surface area contributed by atoms with E-state index in [4.69, 9.17) is 0 Å². The van der Waals surface area contributed by atoms with Crippen LogP contribution in [-0.4, -0.2) is 36.5 Å². The highest BCUT2D eigenvalue weighted by atomic mass is 16.2. The smallest absolute Gasteiger partial charge is 0.254 e. The van der Waals surface area contributed by atoms with Gasteiger partial charge in [0.05, 0.1) is 0 Å². The number of nitrogens with zero attached hydrogens (tertiary/aromatic N) is 1. The molecule has 1 saturated carbocycles. The van der Waals surface area contributed by atoms with Gasteiger partial charge in [-0.2, -0.15) is 0 Å². The lowest BCUT2D eigenvalue weighted by molar-refractivity contribution is 0.0701. The number of nitrogens with one attached hydrogen (secondary N) is 1. The van der Waals surface area contributed by atoms with Crippen LogP contribution in [0.25, 0.3) is 0 Å². The van der Waals surface area contributed by atoms with E-state index < -0.39 is 0 Å². The summed E-state index contributed by atoms with van der Waals surface area (Å²) in [6.45, 7) is 5.19. The van der Waals surface area contributed by atoms with Gasteiger partial charge in [-0.05, 0) is 63.7 Å². The van der Waals surface area contributed by atoms with Crippen molar-refractivity contribution in [2.75, 3.05) is 19.6 Å². The lowest BCUT2D eigenvalue weighted by Crippen LogP contribution is -2.40. The molecule has 2 fully saturated rings. The zero-order valence-corrected chi connectivity index (χ0v) is 12.3. The second-order valence-electron chi connectivity index (χ2n) is 6.25. The number of amides is 1. The predicted molar refractivity (Wildman–Crippen MR) is 80.8 cm³/mol. The first-order valence-corrected chi connectivity index (χ1v) is 7.82. The summed E-state index contributed by atoms with van der Waals surface area (Å²) in [7, 11) is 0. The van der Waals surface area contributed by atoms with E-state index in [1.165, 1.54) is 25.7 Å². The number of rotatable bonds is 4. The fourth-order valence-electron chi connectivity index (χ4n) is 3.07. The van der Waals surface area contributed by atoms with Crippen molar-refractivity contribution in [1.29, 1.82) is 0 Å². The Morgan fingerprint density at radius 1 is 1.25 bits per heavy atom. The molecule has 0 bridgehead atoms. The highest BCUT2D eigenvalue weighted by molar-refractivity contribution is 5.94. The fourth-order valence-corrected chi connectivity index (χ4v) is 3.07. The third kappa shape index (κ3) is 3.21. The summed E-state index contributed by atoms with van der Waals surface area (Å²) in [5.41, 5.74) is 2.01. The monoisotopic (exact) mass is 272 g/mol. The number of hydrogen-bond donors (Lipinski definition) is 1. The van der Waals surface area contributed by atoms with Crippen LogP contribution in [0.15, 0.2) is 24.3 Å². The molecule has 0 atom stereocenters. The molecule has 0 radical (unpaired) electrons. The van der Waals surface area contributed by atoms with Crippen LogP contribution in [0.4, 0.5) is 0 Å². The Balaban J connectivity index is 1.71. The lowest BCUT2D eigenvalue weighted by atomic mass is 9.97. The molecule has 1 aliphatic heterocycles. The predicted octanol–water partition coefficient (Wildman–Crippen LogP) is 2.60. The number of piperidine rings is 1. The van der Waals surface area contributed by atoms with E-state index in [1.54, 1.807) is 0 Å². The minimum absolute atomic E-state index is 0.231. The molecular weight excluding hydrogens is 248 g/mol. The van der Waals surface area contributed by atoms with Gasteiger partial charge in [-0.25, -0.2) is 0 Å². The van der Waals surface area contributed by atoms with Crippen molar-refractivity contribution >= 4 is 5.91 Å². The molecule has 0 spiro atoms. The largest absolute Gasteiger partial charge is 0.335 e. The number of aryl methyl sites for hydroxylation is 1. The average molecular weight is 272 g/mol. The lowest BCUT2D eigenvalue weighted by Gasteiger charge is -2.30. The van der Waals surface area contributed by atoms with Crippen molar-refractivity contribution in [2.24, 2.45) is 5.92 Å². The van der Waals surface area contributed by atoms with E-state index >= 15 is 0 Å². The van der Waals surface area contributed by atoms with Crippen LogP contribution in [0.1, 0.15) is 41.6 Å². The summed E-state index contributed by atoms with van der Waals surface area (Å²) in [6.07, 6.45) is 4.76.